The zero-order valence-corrected chi connectivity index (χ0v) is 4.70. The number of hydrogen-bond acceptors (Lipinski definition) is 1. The van der Waals surface area contributed by atoms with Gasteiger partial charge in [-0.15, -0.1) is 0 Å². The van der Waals surface area contributed by atoms with Crippen molar-refractivity contribution in [2.75, 3.05) is 6.54 Å². The van der Waals surface area contributed by atoms with Gasteiger partial charge < -0.3 is 5.32 Å². The maximum absolute atomic E-state index is 3.17. The Bertz CT molecular complexity index is 84.2. The molecule has 0 radical (unpaired) electrons. The normalized spacial score (nSPS) is 20.4. The molecule has 0 fully saturated rings. The molecule has 1 rings (SSSR count). The number of rotatable bonds is 0. The number of nitrogens with one attached hydrogen (secondary N) is 1. The van der Waals surface area contributed by atoms with Gasteiger partial charge in [-0.3, -0.25) is 0 Å². The van der Waals surface area contributed by atoms with Gasteiger partial charge in [0.2, 0.25) is 0 Å². The first kappa shape index (κ1) is 4.69. The number of allylic oxidation sites excluding steroid dienone is 1. The van der Waals surface area contributed by atoms with E-state index < -0.39 is 0 Å². The monoisotopic (exact) mass is 97.1 g/mol. The summed E-state index contributed by atoms with van der Waals surface area (Å²) in [5.74, 6) is 0. The minimum Gasteiger partial charge on any atom is -0.391 e. The summed E-state index contributed by atoms with van der Waals surface area (Å²) in [6, 6.07) is 0. The van der Waals surface area contributed by atoms with E-state index >= 15 is 0 Å². The Balaban J connectivity index is 2.40. The lowest BCUT2D eigenvalue weighted by atomic mass is 10.1. The highest BCUT2D eigenvalue weighted by Crippen LogP contribution is 2.04. The molecule has 0 unspecified atom stereocenters. The molecule has 0 saturated heterocycles. The first-order chi connectivity index (χ1) is 3.39. The minimum absolute atomic E-state index is 1.16. The predicted molar refractivity (Wildman–Crippen MR) is 31.0 cm³/mol. The van der Waals surface area contributed by atoms with Gasteiger partial charge in [-0.1, -0.05) is 5.57 Å². The molecule has 1 aliphatic rings. The molecule has 0 spiro atoms. The van der Waals surface area contributed by atoms with Gasteiger partial charge in [0.05, 0.1) is 0 Å². The average molecular weight is 97.2 g/mol. The third-order valence-corrected chi connectivity index (χ3v) is 1.24. The maximum Gasteiger partial charge on any atom is 0.0144 e. The summed E-state index contributed by atoms with van der Waals surface area (Å²) < 4.78 is 0. The lowest BCUT2D eigenvalue weighted by Crippen LogP contribution is -2.12. The van der Waals surface area contributed by atoms with Crippen LogP contribution in [-0.4, -0.2) is 6.54 Å². The van der Waals surface area contributed by atoms with Crippen LogP contribution in [0.4, 0.5) is 0 Å². The van der Waals surface area contributed by atoms with Gasteiger partial charge in [-0.25, -0.2) is 0 Å². The van der Waals surface area contributed by atoms with Crippen molar-refractivity contribution in [3.8, 4) is 0 Å². The summed E-state index contributed by atoms with van der Waals surface area (Å²) in [6.07, 6.45) is 4.69. The molecule has 0 aromatic rings. The van der Waals surface area contributed by atoms with Crippen LogP contribution in [0.15, 0.2) is 11.8 Å². The molecular formula is C6H11N. The quantitative estimate of drug-likeness (QED) is 0.480. The molecule has 0 atom stereocenters. The van der Waals surface area contributed by atoms with Crippen molar-refractivity contribution in [2.24, 2.45) is 0 Å². The van der Waals surface area contributed by atoms with Gasteiger partial charge in [0.25, 0.3) is 0 Å². The third kappa shape index (κ3) is 1.22. The SMILES string of the molecule is CC1=CNCCC1. The van der Waals surface area contributed by atoms with Crippen LogP contribution >= 0.6 is 0 Å². The molecular weight excluding hydrogens is 86.1 g/mol. The van der Waals surface area contributed by atoms with E-state index in [1.165, 1.54) is 18.4 Å². The maximum atomic E-state index is 3.17. The Morgan fingerprint density at radius 1 is 1.71 bits per heavy atom. The standard InChI is InChI=1S/C6H11N/c1-6-3-2-4-7-5-6/h5,7H,2-4H2,1H3. The van der Waals surface area contributed by atoms with E-state index in [1.807, 2.05) is 0 Å². The van der Waals surface area contributed by atoms with Crippen molar-refractivity contribution in [2.45, 2.75) is 19.8 Å². The van der Waals surface area contributed by atoms with E-state index in [4.69, 9.17) is 0 Å². The molecule has 1 heterocycles. The fourth-order valence-corrected chi connectivity index (χ4v) is 0.788. The van der Waals surface area contributed by atoms with Gasteiger partial charge in [0.15, 0.2) is 0 Å². The van der Waals surface area contributed by atoms with Crippen molar-refractivity contribution >= 4 is 0 Å². The van der Waals surface area contributed by atoms with E-state index in [-0.39, 0.29) is 0 Å². The fraction of sp³-hybridized carbons (Fsp3) is 0.667. The first-order valence-electron chi connectivity index (χ1n) is 2.78. The second-order valence-corrected chi connectivity index (χ2v) is 2.05. The van der Waals surface area contributed by atoms with Crippen molar-refractivity contribution in [1.29, 1.82) is 0 Å². The summed E-state index contributed by atoms with van der Waals surface area (Å²) in [5, 5.41) is 3.17. The van der Waals surface area contributed by atoms with Crippen LogP contribution in [0.25, 0.3) is 0 Å². The Kier molecular flexibility index (Phi) is 1.35. The van der Waals surface area contributed by atoms with Crippen molar-refractivity contribution < 1.29 is 0 Å². The molecule has 0 amide bonds. The highest BCUT2D eigenvalue weighted by atomic mass is 14.8. The van der Waals surface area contributed by atoms with Crippen LogP contribution < -0.4 is 5.32 Å². The summed E-state index contributed by atoms with van der Waals surface area (Å²) in [6.45, 7) is 3.32. The van der Waals surface area contributed by atoms with Crippen LogP contribution in [0.2, 0.25) is 0 Å². The summed E-state index contributed by atoms with van der Waals surface area (Å²) in [4.78, 5) is 0. The summed E-state index contributed by atoms with van der Waals surface area (Å²) in [5.41, 5.74) is 1.48. The largest absolute Gasteiger partial charge is 0.391 e. The zero-order chi connectivity index (χ0) is 5.11. The second-order valence-electron chi connectivity index (χ2n) is 2.05. The van der Waals surface area contributed by atoms with Gasteiger partial charge in [-0.05, 0) is 26.0 Å². The van der Waals surface area contributed by atoms with Crippen molar-refractivity contribution in [1.82, 2.24) is 5.32 Å². The summed E-state index contributed by atoms with van der Waals surface area (Å²) in [7, 11) is 0. The van der Waals surface area contributed by atoms with Gasteiger partial charge in [-0.2, -0.15) is 0 Å². The molecule has 0 aliphatic carbocycles. The first-order valence-corrected chi connectivity index (χ1v) is 2.78. The van der Waals surface area contributed by atoms with E-state index in [0.717, 1.165) is 6.54 Å². The van der Waals surface area contributed by atoms with Crippen LogP contribution in [0, 0.1) is 0 Å². The molecule has 0 aromatic carbocycles. The molecule has 1 aliphatic heterocycles. The van der Waals surface area contributed by atoms with E-state index in [2.05, 4.69) is 18.4 Å². The van der Waals surface area contributed by atoms with Crippen LogP contribution in [0.1, 0.15) is 19.8 Å². The van der Waals surface area contributed by atoms with Crippen LogP contribution in [0.5, 0.6) is 0 Å². The Hall–Kier alpha value is -0.460. The molecule has 0 bridgehead atoms. The van der Waals surface area contributed by atoms with Gasteiger partial charge in [0, 0.05) is 6.54 Å². The van der Waals surface area contributed by atoms with E-state index in [1.54, 1.807) is 0 Å². The van der Waals surface area contributed by atoms with E-state index in [0.29, 0.717) is 0 Å². The van der Waals surface area contributed by atoms with Crippen molar-refractivity contribution in [3.05, 3.63) is 11.8 Å². The lowest BCUT2D eigenvalue weighted by molar-refractivity contribution is 0.699. The lowest BCUT2D eigenvalue weighted by Gasteiger charge is -2.08. The average Bonchev–Trinajstić information content (AvgIpc) is 1.69. The molecule has 7 heavy (non-hydrogen) atoms. The topological polar surface area (TPSA) is 12.0 Å². The van der Waals surface area contributed by atoms with Crippen LogP contribution in [-0.2, 0) is 0 Å². The summed E-state index contributed by atoms with van der Waals surface area (Å²) >= 11 is 0. The van der Waals surface area contributed by atoms with E-state index in [9.17, 15) is 0 Å². The predicted octanol–water partition coefficient (Wildman–Crippen LogP) is 1.27. The highest BCUT2D eigenvalue weighted by molar-refractivity contribution is 4.99. The third-order valence-electron chi connectivity index (χ3n) is 1.24. The van der Waals surface area contributed by atoms with Gasteiger partial charge in [0.1, 0.15) is 0 Å². The Labute approximate surface area is 44.4 Å². The Morgan fingerprint density at radius 3 is 2.86 bits per heavy atom. The van der Waals surface area contributed by atoms with Crippen molar-refractivity contribution in [3.63, 3.8) is 0 Å². The molecule has 1 nitrogen and oxygen atoms in total. The smallest absolute Gasteiger partial charge is 0.0144 e. The second kappa shape index (κ2) is 2.01. The molecule has 0 saturated carbocycles. The van der Waals surface area contributed by atoms with Gasteiger partial charge >= 0.3 is 0 Å². The zero-order valence-electron chi connectivity index (χ0n) is 4.70. The number of hydrogen-bond donors (Lipinski definition) is 1. The Morgan fingerprint density at radius 2 is 2.57 bits per heavy atom. The fourth-order valence-electron chi connectivity index (χ4n) is 0.788. The minimum atomic E-state index is 1.16. The molecule has 1 heteroatoms. The molecule has 0 aromatic heterocycles. The molecule has 1 N–H and O–H groups in total. The van der Waals surface area contributed by atoms with Crippen LogP contribution in [0.3, 0.4) is 0 Å². The molecule has 40 valence electrons. The highest BCUT2D eigenvalue weighted by Gasteiger charge is 1.93.